The molecule has 22 heavy (non-hydrogen) atoms. The molecule has 2 rings (SSSR count). The van der Waals surface area contributed by atoms with E-state index in [4.69, 9.17) is 4.74 Å². The molecule has 0 aliphatic carbocycles. The first-order chi connectivity index (χ1) is 10.4. The Hall–Kier alpha value is -2.50. The van der Waals surface area contributed by atoms with Crippen LogP contribution in [0.15, 0.2) is 36.8 Å². The molecule has 0 atom stereocenters. The fourth-order valence-corrected chi connectivity index (χ4v) is 1.90. The lowest BCUT2D eigenvalue weighted by Crippen LogP contribution is -2.32. The Labute approximate surface area is 128 Å². The summed E-state index contributed by atoms with van der Waals surface area (Å²) in [4.78, 5) is 19.7. The molecular weight excluding hydrogens is 285 g/mol. The summed E-state index contributed by atoms with van der Waals surface area (Å²) in [5, 5.41) is 2.56. The maximum Gasteiger partial charge on any atom is 0.407 e. The number of nitrogens with zero attached hydrogens (tertiary/aromatic N) is 2. The average Bonchev–Trinajstić information content (AvgIpc) is 2.45. The van der Waals surface area contributed by atoms with Gasteiger partial charge in [0.15, 0.2) is 0 Å². The molecule has 0 unspecified atom stereocenters. The number of carbonyl (C=O) groups excluding carboxylic acids is 1. The fraction of sp³-hybridized carbons (Fsp3) is 0.312. The normalized spacial score (nSPS) is 11.1. The van der Waals surface area contributed by atoms with Gasteiger partial charge in [-0.25, -0.2) is 19.2 Å². The molecule has 1 amide bonds. The first-order valence-corrected chi connectivity index (χ1v) is 6.87. The summed E-state index contributed by atoms with van der Waals surface area (Å²) in [6.07, 6.45) is 2.38. The van der Waals surface area contributed by atoms with Gasteiger partial charge in [0.2, 0.25) is 0 Å². The van der Waals surface area contributed by atoms with E-state index in [0.717, 1.165) is 0 Å². The van der Waals surface area contributed by atoms with Crippen LogP contribution < -0.4 is 5.32 Å². The lowest BCUT2D eigenvalue weighted by molar-refractivity contribution is 0.0523. The molecule has 0 saturated heterocycles. The van der Waals surface area contributed by atoms with Crippen molar-refractivity contribution in [3.63, 3.8) is 0 Å². The maximum atomic E-state index is 14.1. The van der Waals surface area contributed by atoms with Crippen LogP contribution in [-0.4, -0.2) is 21.7 Å². The van der Waals surface area contributed by atoms with Crippen molar-refractivity contribution >= 4 is 6.09 Å². The SMILES string of the molecule is CC(C)(C)OC(=O)NCc1c(F)cccc1-c1ccncn1. The third-order valence-corrected chi connectivity index (χ3v) is 2.79. The van der Waals surface area contributed by atoms with Crippen LogP contribution in [0.4, 0.5) is 9.18 Å². The average molecular weight is 303 g/mol. The van der Waals surface area contributed by atoms with E-state index in [2.05, 4.69) is 15.3 Å². The van der Waals surface area contributed by atoms with Gasteiger partial charge in [-0.05, 0) is 32.9 Å². The molecule has 0 aliphatic heterocycles. The van der Waals surface area contributed by atoms with E-state index >= 15 is 0 Å². The number of nitrogens with one attached hydrogen (secondary N) is 1. The van der Waals surface area contributed by atoms with Gasteiger partial charge in [0, 0.05) is 23.9 Å². The molecule has 1 aromatic heterocycles. The van der Waals surface area contributed by atoms with Crippen molar-refractivity contribution in [1.82, 2.24) is 15.3 Å². The Bertz CT molecular complexity index is 654. The van der Waals surface area contributed by atoms with Gasteiger partial charge in [0.05, 0.1) is 5.69 Å². The Morgan fingerprint density at radius 3 is 2.73 bits per heavy atom. The Balaban J connectivity index is 2.19. The van der Waals surface area contributed by atoms with E-state index < -0.39 is 17.5 Å². The molecule has 1 N–H and O–H groups in total. The quantitative estimate of drug-likeness (QED) is 0.945. The number of alkyl carbamates (subject to hydrolysis) is 1. The standard InChI is InChI=1S/C16H18FN3O2/c1-16(2,3)22-15(21)19-9-12-11(5-4-6-13(12)17)14-7-8-18-10-20-14/h4-8,10H,9H2,1-3H3,(H,19,21). The second-order valence-corrected chi connectivity index (χ2v) is 5.72. The van der Waals surface area contributed by atoms with Crippen molar-refractivity contribution in [2.45, 2.75) is 32.9 Å². The second-order valence-electron chi connectivity index (χ2n) is 5.72. The van der Waals surface area contributed by atoms with Crippen LogP contribution in [-0.2, 0) is 11.3 Å². The van der Waals surface area contributed by atoms with Crippen LogP contribution in [0.2, 0.25) is 0 Å². The summed E-state index contributed by atoms with van der Waals surface area (Å²) in [5.74, 6) is -0.410. The van der Waals surface area contributed by atoms with Gasteiger partial charge in [-0.1, -0.05) is 12.1 Å². The largest absolute Gasteiger partial charge is 0.444 e. The van der Waals surface area contributed by atoms with Crippen LogP contribution in [0.5, 0.6) is 0 Å². The third kappa shape index (κ3) is 4.25. The lowest BCUT2D eigenvalue weighted by atomic mass is 10.0. The number of carbonyl (C=O) groups is 1. The zero-order valence-corrected chi connectivity index (χ0v) is 12.8. The van der Waals surface area contributed by atoms with Gasteiger partial charge in [-0.3, -0.25) is 0 Å². The zero-order valence-electron chi connectivity index (χ0n) is 12.8. The number of halogens is 1. The first kappa shape index (κ1) is 15.9. The van der Waals surface area contributed by atoms with E-state index in [9.17, 15) is 9.18 Å². The topological polar surface area (TPSA) is 64.1 Å². The first-order valence-electron chi connectivity index (χ1n) is 6.87. The third-order valence-electron chi connectivity index (χ3n) is 2.79. The van der Waals surface area contributed by atoms with Gasteiger partial charge in [0.25, 0.3) is 0 Å². The van der Waals surface area contributed by atoms with Crippen LogP contribution in [0.25, 0.3) is 11.3 Å². The van der Waals surface area contributed by atoms with E-state index in [1.165, 1.54) is 12.4 Å². The van der Waals surface area contributed by atoms with E-state index in [0.29, 0.717) is 16.8 Å². The van der Waals surface area contributed by atoms with Crippen molar-refractivity contribution in [3.8, 4) is 11.3 Å². The van der Waals surface area contributed by atoms with E-state index in [-0.39, 0.29) is 6.54 Å². The smallest absolute Gasteiger partial charge is 0.407 e. The zero-order chi connectivity index (χ0) is 16.2. The van der Waals surface area contributed by atoms with Gasteiger partial charge in [0.1, 0.15) is 17.7 Å². The molecule has 0 saturated carbocycles. The molecule has 0 spiro atoms. The van der Waals surface area contributed by atoms with Crippen LogP contribution >= 0.6 is 0 Å². The molecule has 2 aromatic rings. The second kappa shape index (κ2) is 6.51. The molecule has 1 aromatic carbocycles. The van der Waals surface area contributed by atoms with E-state index in [1.807, 2.05) is 0 Å². The number of rotatable bonds is 3. The number of hydrogen-bond acceptors (Lipinski definition) is 4. The summed E-state index contributed by atoms with van der Waals surface area (Å²) in [7, 11) is 0. The van der Waals surface area contributed by atoms with Crippen LogP contribution in [0.3, 0.4) is 0 Å². The predicted molar refractivity (Wildman–Crippen MR) is 80.5 cm³/mol. The Kier molecular flexibility index (Phi) is 4.70. The number of ether oxygens (including phenoxy) is 1. The number of hydrogen-bond donors (Lipinski definition) is 1. The maximum absolute atomic E-state index is 14.1. The van der Waals surface area contributed by atoms with Crippen molar-refractivity contribution in [1.29, 1.82) is 0 Å². The highest BCUT2D eigenvalue weighted by molar-refractivity contribution is 5.69. The number of benzene rings is 1. The molecule has 0 aliphatic rings. The van der Waals surface area contributed by atoms with E-state index in [1.54, 1.807) is 45.2 Å². The summed E-state index contributed by atoms with van der Waals surface area (Å²) >= 11 is 0. The monoisotopic (exact) mass is 303 g/mol. The highest BCUT2D eigenvalue weighted by Gasteiger charge is 2.17. The van der Waals surface area contributed by atoms with Gasteiger partial charge >= 0.3 is 6.09 Å². The molecule has 0 radical (unpaired) electrons. The number of aromatic nitrogens is 2. The number of amides is 1. The van der Waals surface area contributed by atoms with Crippen molar-refractivity contribution in [2.24, 2.45) is 0 Å². The minimum atomic E-state index is -0.602. The Morgan fingerprint density at radius 1 is 1.32 bits per heavy atom. The molecule has 1 heterocycles. The molecular formula is C16H18FN3O2. The van der Waals surface area contributed by atoms with Crippen LogP contribution in [0.1, 0.15) is 26.3 Å². The molecule has 6 heteroatoms. The highest BCUT2D eigenvalue weighted by atomic mass is 19.1. The minimum absolute atomic E-state index is 0.0148. The summed E-state index contributed by atoms with van der Waals surface area (Å²) < 4.78 is 19.2. The molecule has 116 valence electrons. The summed E-state index contributed by atoms with van der Waals surface area (Å²) in [6, 6.07) is 6.38. The van der Waals surface area contributed by atoms with Gasteiger partial charge in [-0.2, -0.15) is 0 Å². The molecule has 0 bridgehead atoms. The summed E-state index contributed by atoms with van der Waals surface area (Å²) in [5.41, 5.74) is 0.954. The van der Waals surface area contributed by atoms with Gasteiger partial charge in [-0.15, -0.1) is 0 Å². The molecule has 5 nitrogen and oxygen atoms in total. The predicted octanol–water partition coefficient (Wildman–Crippen LogP) is 3.31. The lowest BCUT2D eigenvalue weighted by Gasteiger charge is -2.20. The van der Waals surface area contributed by atoms with Gasteiger partial charge < -0.3 is 10.1 Å². The van der Waals surface area contributed by atoms with Crippen molar-refractivity contribution in [3.05, 3.63) is 48.2 Å². The van der Waals surface area contributed by atoms with Crippen molar-refractivity contribution in [2.75, 3.05) is 0 Å². The van der Waals surface area contributed by atoms with Crippen molar-refractivity contribution < 1.29 is 13.9 Å². The summed E-state index contributed by atoms with van der Waals surface area (Å²) in [6.45, 7) is 5.31. The highest BCUT2D eigenvalue weighted by Crippen LogP contribution is 2.23. The fourth-order valence-electron chi connectivity index (χ4n) is 1.90. The molecule has 0 fully saturated rings. The van der Waals surface area contributed by atoms with Crippen LogP contribution in [0, 0.1) is 5.82 Å². The Morgan fingerprint density at radius 2 is 2.09 bits per heavy atom. The minimum Gasteiger partial charge on any atom is -0.444 e.